The largest absolute Gasteiger partial charge is 0.486 e. The van der Waals surface area contributed by atoms with Crippen LogP contribution in [0.4, 0.5) is 0 Å². The van der Waals surface area contributed by atoms with E-state index in [1.165, 1.54) is 62.9 Å². The van der Waals surface area contributed by atoms with E-state index < -0.39 is 0 Å². The molecule has 4 heteroatoms. The molecule has 4 bridgehead atoms. The minimum Gasteiger partial charge on any atom is -0.486 e. The molecule has 0 amide bonds. The molecule has 6 atom stereocenters. The molecular formula is C25H34N2O2. The van der Waals surface area contributed by atoms with Crippen molar-refractivity contribution in [1.82, 2.24) is 4.90 Å². The molecule has 1 aromatic carbocycles. The molecule has 1 aromatic rings. The van der Waals surface area contributed by atoms with E-state index in [2.05, 4.69) is 24.0 Å². The molecular weight excluding hydrogens is 360 g/mol. The van der Waals surface area contributed by atoms with E-state index in [4.69, 9.17) is 15.2 Å². The van der Waals surface area contributed by atoms with Gasteiger partial charge in [-0.05, 0) is 82.0 Å². The SMILES string of the molecule is COC12CC[C@@]3(CC1CN)[C@H]1Cc4ccc(C)c5c4[C@@]3(CCN1CC1CC1)C2O5. The zero-order valence-electron chi connectivity index (χ0n) is 17.9. The van der Waals surface area contributed by atoms with Gasteiger partial charge in [0, 0.05) is 42.0 Å². The molecule has 2 aliphatic heterocycles. The number of nitrogens with zero attached hydrogens (tertiary/aromatic N) is 1. The first-order valence-electron chi connectivity index (χ1n) is 11.9. The second-order valence-corrected chi connectivity index (χ2v) is 11.1. The number of aryl methyl sites for hydroxylation is 1. The summed E-state index contributed by atoms with van der Waals surface area (Å²) in [5.74, 6) is 2.55. The third-order valence-electron chi connectivity index (χ3n) is 10.3. The number of benzene rings is 1. The van der Waals surface area contributed by atoms with Gasteiger partial charge in [-0.2, -0.15) is 0 Å². The molecule has 4 saturated carbocycles. The van der Waals surface area contributed by atoms with Crippen LogP contribution in [0.1, 0.15) is 55.2 Å². The van der Waals surface area contributed by atoms with E-state index in [0.29, 0.717) is 23.9 Å². The summed E-state index contributed by atoms with van der Waals surface area (Å²) in [7, 11) is 1.92. The Hall–Kier alpha value is -1.10. The molecule has 7 aliphatic rings. The van der Waals surface area contributed by atoms with Crippen molar-refractivity contribution in [2.75, 3.05) is 26.7 Å². The van der Waals surface area contributed by atoms with Crippen molar-refractivity contribution in [3.63, 3.8) is 0 Å². The maximum absolute atomic E-state index is 6.99. The van der Waals surface area contributed by atoms with Crippen LogP contribution in [-0.2, 0) is 16.6 Å². The van der Waals surface area contributed by atoms with Gasteiger partial charge in [0.1, 0.15) is 17.5 Å². The van der Waals surface area contributed by atoms with Crippen LogP contribution in [0.5, 0.6) is 5.75 Å². The summed E-state index contributed by atoms with van der Waals surface area (Å²) in [6.07, 6.45) is 9.03. The normalized spacial score (nSPS) is 46.5. The fourth-order valence-corrected chi connectivity index (χ4v) is 8.97. The van der Waals surface area contributed by atoms with Gasteiger partial charge in [0.05, 0.1) is 0 Å². The van der Waals surface area contributed by atoms with Gasteiger partial charge in [0.25, 0.3) is 0 Å². The lowest BCUT2D eigenvalue weighted by atomic mass is 9.35. The van der Waals surface area contributed by atoms with Crippen molar-refractivity contribution >= 4 is 0 Å². The summed E-state index contributed by atoms with van der Waals surface area (Å²) < 4.78 is 13.4. The Morgan fingerprint density at radius 2 is 2.10 bits per heavy atom. The van der Waals surface area contributed by atoms with Crippen LogP contribution in [0.2, 0.25) is 0 Å². The fourth-order valence-electron chi connectivity index (χ4n) is 8.97. The van der Waals surface area contributed by atoms with E-state index in [0.717, 1.165) is 12.3 Å². The first-order chi connectivity index (χ1) is 14.1. The highest BCUT2D eigenvalue weighted by Gasteiger charge is 2.80. The van der Waals surface area contributed by atoms with E-state index in [1.807, 2.05) is 7.11 Å². The number of hydrogen-bond donors (Lipinski definition) is 1. The summed E-state index contributed by atoms with van der Waals surface area (Å²) in [5, 5.41) is 0. The number of likely N-dealkylation sites (tertiary alicyclic amines) is 1. The van der Waals surface area contributed by atoms with E-state index in [9.17, 15) is 0 Å². The van der Waals surface area contributed by atoms with Crippen LogP contribution >= 0.6 is 0 Å². The third-order valence-corrected chi connectivity index (χ3v) is 10.3. The van der Waals surface area contributed by atoms with Crippen molar-refractivity contribution < 1.29 is 9.47 Å². The number of hydrogen-bond acceptors (Lipinski definition) is 4. The summed E-state index contributed by atoms with van der Waals surface area (Å²) >= 11 is 0. The molecule has 5 fully saturated rings. The second-order valence-electron chi connectivity index (χ2n) is 11.1. The molecule has 29 heavy (non-hydrogen) atoms. The van der Waals surface area contributed by atoms with Gasteiger partial charge in [-0.15, -0.1) is 0 Å². The molecule has 1 saturated heterocycles. The minimum atomic E-state index is -0.222. The Morgan fingerprint density at radius 3 is 2.86 bits per heavy atom. The minimum absolute atomic E-state index is 0.132. The number of methoxy groups -OCH3 is 1. The maximum atomic E-state index is 6.99. The Balaban J connectivity index is 1.48. The topological polar surface area (TPSA) is 47.7 Å². The van der Waals surface area contributed by atoms with E-state index in [-0.39, 0.29) is 17.1 Å². The van der Waals surface area contributed by atoms with Gasteiger partial charge in [-0.25, -0.2) is 0 Å². The average Bonchev–Trinajstić information content (AvgIpc) is 3.48. The van der Waals surface area contributed by atoms with Crippen molar-refractivity contribution in [3.05, 3.63) is 28.8 Å². The number of piperidine rings is 1. The monoisotopic (exact) mass is 394 g/mol. The highest BCUT2D eigenvalue weighted by atomic mass is 16.6. The van der Waals surface area contributed by atoms with Gasteiger partial charge in [-0.1, -0.05) is 12.1 Å². The maximum Gasteiger partial charge on any atom is 0.138 e. The summed E-state index contributed by atoms with van der Waals surface area (Å²) in [5.41, 5.74) is 11.1. The predicted octanol–water partition coefficient (Wildman–Crippen LogP) is 3.18. The van der Waals surface area contributed by atoms with Crippen molar-refractivity contribution in [2.45, 2.75) is 75.0 Å². The van der Waals surface area contributed by atoms with Crippen LogP contribution in [0.3, 0.4) is 0 Å². The first kappa shape index (κ1) is 17.6. The van der Waals surface area contributed by atoms with E-state index in [1.54, 1.807) is 11.1 Å². The van der Waals surface area contributed by atoms with Crippen molar-refractivity contribution in [2.24, 2.45) is 23.0 Å². The van der Waals surface area contributed by atoms with Crippen LogP contribution in [-0.4, -0.2) is 49.4 Å². The van der Waals surface area contributed by atoms with Gasteiger partial charge in [0.15, 0.2) is 0 Å². The lowest BCUT2D eigenvalue weighted by Crippen LogP contribution is -2.81. The number of fused-ring (bicyclic) bond motifs is 2. The first-order valence-corrected chi connectivity index (χ1v) is 11.9. The van der Waals surface area contributed by atoms with Crippen LogP contribution in [0.25, 0.3) is 0 Å². The van der Waals surface area contributed by atoms with Crippen LogP contribution in [0, 0.1) is 24.2 Å². The third kappa shape index (κ3) is 1.78. The number of ether oxygens (including phenoxy) is 2. The Labute approximate surface area is 174 Å². The lowest BCUT2D eigenvalue weighted by Gasteiger charge is -2.74. The molecule has 2 spiro atoms. The van der Waals surface area contributed by atoms with Gasteiger partial charge in [0.2, 0.25) is 0 Å². The molecule has 0 aromatic heterocycles. The van der Waals surface area contributed by atoms with Gasteiger partial charge >= 0.3 is 0 Å². The summed E-state index contributed by atoms with van der Waals surface area (Å²) in [4.78, 5) is 2.90. The van der Waals surface area contributed by atoms with Gasteiger partial charge in [-0.3, -0.25) is 4.90 Å². The smallest absolute Gasteiger partial charge is 0.138 e. The summed E-state index contributed by atoms with van der Waals surface area (Å²) in [6.45, 7) is 5.48. The molecule has 2 heterocycles. The van der Waals surface area contributed by atoms with Crippen LogP contribution < -0.4 is 10.5 Å². The zero-order valence-corrected chi connectivity index (χ0v) is 17.9. The fraction of sp³-hybridized carbons (Fsp3) is 0.760. The standard InChI is InChI=1S/C25H34N2O2/c1-15-3-6-17-11-19-23-7-8-25(28-2,18(12-23)13-26)22-24(23,20(17)21(15)29-22)9-10-27(19)14-16-4-5-16/h3,6,16,18-19,22H,4-5,7-14,26H2,1-2H3/t18?,19-,22?,23-,24+,25?/m1/s1. The Kier molecular flexibility index (Phi) is 3.26. The highest BCUT2D eigenvalue weighted by molar-refractivity contribution is 5.61. The number of rotatable bonds is 4. The zero-order chi connectivity index (χ0) is 19.6. The average molecular weight is 395 g/mol. The molecule has 0 radical (unpaired) electrons. The Morgan fingerprint density at radius 1 is 1.24 bits per heavy atom. The highest BCUT2D eigenvalue weighted by Crippen LogP contribution is 2.76. The molecule has 8 rings (SSSR count). The molecule has 5 aliphatic carbocycles. The molecule has 2 N–H and O–H groups in total. The predicted molar refractivity (Wildman–Crippen MR) is 112 cm³/mol. The molecule has 3 unspecified atom stereocenters. The molecule has 156 valence electrons. The van der Waals surface area contributed by atoms with E-state index >= 15 is 0 Å². The summed E-state index contributed by atoms with van der Waals surface area (Å²) in [6, 6.07) is 5.36. The van der Waals surface area contributed by atoms with Crippen LogP contribution in [0.15, 0.2) is 12.1 Å². The molecule has 4 nitrogen and oxygen atoms in total. The van der Waals surface area contributed by atoms with Crippen molar-refractivity contribution in [1.29, 1.82) is 0 Å². The number of nitrogens with two attached hydrogens (primary N) is 1. The quantitative estimate of drug-likeness (QED) is 0.852. The van der Waals surface area contributed by atoms with Crippen molar-refractivity contribution in [3.8, 4) is 5.75 Å². The second kappa shape index (κ2) is 5.38. The Bertz CT molecular complexity index is 897. The lowest BCUT2D eigenvalue weighted by molar-refractivity contribution is -0.275. The van der Waals surface area contributed by atoms with Gasteiger partial charge < -0.3 is 15.2 Å².